The minimum Gasteiger partial charge on any atom is -0.480 e. The van der Waals surface area contributed by atoms with Gasteiger partial charge in [-0.05, 0) is 24.0 Å². The molecule has 1 fully saturated rings. The van der Waals surface area contributed by atoms with Gasteiger partial charge in [-0.1, -0.05) is 38.5 Å². The summed E-state index contributed by atoms with van der Waals surface area (Å²) in [7, 11) is 1.10. The largest absolute Gasteiger partial charge is 0.480 e. The molecule has 1 saturated heterocycles. The van der Waals surface area contributed by atoms with Crippen molar-refractivity contribution in [1.29, 1.82) is 0 Å². The van der Waals surface area contributed by atoms with Crippen molar-refractivity contribution in [2.24, 2.45) is 23.1 Å². The Labute approximate surface area is 275 Å². The van der Waals surface area contributed by atoms with Crippen LogP contribution >= 0.6 is 11.8 Å². The average molecular weight is 678 g/mol. The molecular weight excluding hydrogens is 634 g/mol. The zero-order valence-corrected chi connectivity index (χ0v) is 27.2. The zero-order valence-electron chi connectivity index (χ0n) is 26.4. The molecule has 1 aromatic carbocycles. The van der Waals surface area contributed by atoms with Crippen LogP contribution in [0.25, 0.3) is 10.9 Å². The maximum atomic E-state index is 13.7. The lowest BCUT2D eigenvalue weighted by Crippen LogP contribution is -2.58. The molecule has 47 heavy (non-hydrogen) atoms. The van der Waals surface area contributed by atoms with E-state index in [9.17, 15) is 39.0 Å². The number of nitrogens with zero attached hydrogens (tertiary/aromatic N) is 1. The number of fused-ring (bicyclic) bond motifs is 1. The van der Waals surface area contributed by atoms with Gasteiger partial charge in [0, 0.05) is 29.6 Å². The number of hydrogen-bond donors (Lipinski definition) is 8. The third-order valence-electron chi connectivity index (χ3n) is 8.16. The monoisotopic (exact) mass is 677 g/mol. The highest BCUT2D eigenvalue weighted by atomic mass is 32.2. The average Bonchev–Trinajstić information content (AvgIpc) is 3.60. The van der Waals surface area contributed by atoms with Crippen LogP contribution in [-0.2, 0) is 39.9 Å². The fraction of sp³-hybridized carbons (Fsp3) is 0.533. The number of ether oxygens (including phenoxy) is 1. The number of carbonyl (C=O) groups is 6. The van der Waals surface area contributed by atoms with Crippen molar-refractivity contribution >= 4 is 58.2 Å². The van der Waals surface area contributed by atoms with Gasteiger partial charge in [-0.3, -0.25) is 24.0 Å². The number of amides is 4. The number of aromatic nitrogens is 1. The number of β-amino-alcohol motifs (C(OH)–C–C–N with tert-alkyl or cyclic N) is 1. The number of esters is 1. The lowest BCUT2D eigenvalue weighted by Gasteiger charge is -2.30. The summed E-state index contributed by atoms with van der Waals surface area (Å²) < 4.78 is 4.71. The highest BCUT2D eigenvalue weighted by Crippen LogP contribution is 2.31. The third kappa shape index (κ3) is 9.43. The number of carboxylic acids is 1. The van der Waals surface area contributed by atoms with E-state index >= 15 is 0 Å². The van der Waals surface area contributed by atoms with E-state index < -0.39 is 84.2 Å². The van der Waals surface area contributed by atoms with Crippen LogP contribution in [0.1, 0.15) is 38.7 Å². The number of nitrogens with one attached hydrogen (secondary N) is 3. The van der Waals surface area contributed by atoms with Gasteiger partial charge in [-0.15, -0.1) is 11.8 Å². The number of benzene rings is 1. The van der Waals surface area contributed by atoms with Crippen LogP contribution in [0.5, 0.6) is 0 Å². The molecule has 17 heteroatoms. The van der Waals surface area contributed by atoms with Crippen LogP contribution < -0.4 is 27.8 Å². The van der Waals surface area contributed by atoms with E-state index in [0.29, 0.717) is 11.4 Å². The van der Waals surface area contributed by atoms with E-state index in [-0.39, 0.29) is 25.1 Å². The Bertz CT molecular complexity index is 1480. The van der Waals surface area contributed by atoms with Crippen LogP contribution in [0.4, 0.5) is 0 Å². The summed E-state index contributed by atoms with van der Waals surface area (Å²) in [5.74, 6) is -5.58. The predicted molar refractivity (Wildman–Crippen MR) is 172 cm³/mol. The summed E-state index contributed by atoms with van der Waals surface area (Å²) in [6, 6.07) is 1.21. The van der Waals surface area contributed by atoms with E-state index in [2.05, 4.69) is 15.6 Å². The number of hydrogen-bond acceptors (Lipinski definition) is 11. The van der Waals surface area contributed by atoms with Gasteiger partial charge < -0.3 is 52.7 Å². The number of aromatic amines is 1. The Kier molecular flexibility index (Phi) is 13.1. The van der Waals surface area contributed by atoms with Crippen LogP contribution in [0.15, 0.2) is 29.3 Å². The Morgan fingerprint density at radius 1 is 1.13 bits per heavy atom. The van der Waals surface area contributed by atoms with E-state index in [0.717, 1.165) is 28.5 Å². The van der Waals surface area contributed by atoms with Crippen molar-refractivity contribution in [2.75, 3.05) is 19.4 Å². The van der Waals surface area contributed by atoms with Crippen molar-refractivity contribution in [3.05, 3.63) is 29.8 Å². The first-order valence-electron chi connectivity index (χ1n) is 15.1. The van der Waals surface area contributed by atoms with Gasteiger partial charge in [-0.2, -0.15) is 0 Å². The number of carbonyl (C=O) groups excluding carboxylic acids is 5. The number of methoxy groups -OCH3 is 1. The molecule has 2 heterocycles. The predicted octanol–water partition coefficient (Wildman–Crippen LogP) is -1.43. The first-order valence-corrected chi connectivity index (χ1v) is 16.1. The van der Waals surface area contributed by atoms with Crippen LogP contribution in [0.3, 0.4) is 0 Å². The van der Waals surface area contributed by atoms with E-state index in [1.807, 2.05) is 24.3 Å². The molecule has 3 rings (SSSR count). The SMILES string of the molecule is CC[C@H](C)[C@H](NC(=O)[C@@H]1C[C@@H](O)CN1C(=O)[C@H](CC(=O)OC)NC(=O)[C@@H](N)CSc1[nH]c2ccccc2c1C[C@H](N)C(N)=O)C(=O)O. The van der Waals surface area contributed by atoms with Crippen LogP contribution in [0, 0.1) is 5.92 Å². The summed E-state index contributed by atoms with van der Waals surface area (Å²) in [6.07, 6.45) is -1.28. The number of H-pyrrole nitrogens is 1. The molecule has 0 spiro atoms. The number of likely N-dealkylation sites (tertiary alicyclic amines) is 1. The Morgan fingerprint density at radius 2 is 1.81 bits per heavy atom. The van der Waals surface area contributed by atoms with E-state index in [4.69, 9.17) is 21.9 Å². The minimum atomic E-state index is -1.51. The number of primary amides is 1. The molecule has 0 bridgehead atoms. The normalized spacial score (nSPS) is 19.3. The Morgan fingerprint density at radius 3 is 2.43 bits per heavy atom. The van der Waals surface area contributed by atoms with Crippen molar-refractivity contribution < 1.29 is 43.7 Å². The van der Waals surface area contributed by atoms with Crippen LogP contribution in [0.2, 0.25) is 0 Å². The van der Waals surface area contributed by atoms with Gasteiger partial charge in [0.1, 0.15) is 18.1 Å². The molecule has 7 atom stereocenters. The minimum absolute atomic E-state index is 0.0102. The lowest BCUT2D eigenvalue weighted by molar-refractivity contribution is -0.148. The maximum Gasteiger partial charge on any atom is 0.326 e. The van der Waals surface area contributed by atoms with Crippen molar-refractivity contribution in [1.82, 2.24) is 20.5 Å². The molecule has 1 aromatic heterocycles. The second kappa shape index (κ2) is 16.6. The highest BCUT2D eigenvalue weighted by Gasteiger charge is 2.43. The number of nitrogens with two attached hydrogens (primary N) is 3. The number of para-hydroxylation sites is 1. The fourth-order valence-corrected chi connectivity index (χ4v) is 6.29. The molecule has 11 N–H and O–H groups in total. The topological polar surface area (TPSA) is 273 Å². The van der Waals surface area contributed by atoms with Gasteiger partial charge in [0.05, 0.1) is 36.7 Å². The summed E-state index contributed by atoms with van der Waals surface area (Å²) in [5.41, 5.74) is 19.0. The number of rotatable bonds is 16. The Hall–Kier alpha value is -4.19. The summed E-state index contributed by atoms with van der Waals surface area (Å²) in [4.78, 5) is 80.0. The molecular formula is C30H43N7O9S. The summed E-state index contributed by atoms with van der Waals surface area (Å²) in [6.45, 7) is 3.14. The van der Waals surface area contributed by atoms with E-state index in [1.165, 1.54) is 11.8 Å². The smallest absolute Gasteiger partial charge is 0.326 e. The molecule has 1 aliphatic heterocycles. The zero-order chi connectivity index (χ0) is 35.0. The Balaban J connectivity index is 1.76. The molecule has 0 radical (unpaired) electrons. The molecule has 1 aliphatic rings. The van der Waals surface area contributed by atoms with Crippen molar-refractivity contribution in [3.8, 4) is 0 Å². The summed E-state index contributed by atoms with van der Waals surface area (Å²) in [5, 5.41) is 26.3. The number of aliphatic hydroxyl groups excluding tert-OH is 1. The summed E-state index contributed by atoms with van der Waals surface area (Å²) >= 11 is 1.19. The third-order valence-corrected chi connectivity index (χ3v) is 9.33. The lowest BCUT2D eigenvalue weighted by atomic mass is 9.98. The molecule has 258 valence electrons. The first-order chi connectivity index (χ1) is 22.2. The van der Waals surface area contributed by atoms with Gasteiger partial charge in [0.2, 0.25) is 23.6 Å². The van der Waals surface area contributed by atoms with E-state index in [1.54, 1.807) is 13.8 Å². The van der Waals surface area contributed by atoms with Crippen LogP contribution in [-0.4, -0.2) is 111 Å². The molecule has 16 nitrogen and oxygen atoms in total. The van der Waals surface area contributed by atoms with Gasteiger partial charge >= 0.3 is 11.9 Å². The molecule has 4 amide bonds. The van der Waals surface area contributed by atoms with Crippen molar-refractivity contribution in [2.45, 2.75) is 80.9 Å². The second-order valence-electron chi connectivity index (χ2n) is 11.6. The molecule has 2 aromatic rings. The molecule has 0 unspecified atom stereocenters. The van der Waals surface area contributed by atoms with Gasteiger partial charge in [-0.25, -0.2) is 4.79 Å². The highest BCUT2D eigenvalue weighted by molar-refractivity contribution is 7.99. The second-order valence-corrected chi connectivity index (χ2v) is 12.6. The standard InChI is InChI=1S/C30H43N7O9S/c1-4-14(2)24(30(44)45)36-27(42)22-9-15(38)12-37(22)29(43)21(11-23(39)46-3)34-26(41)19(32)13-47-28-17(10-18(31)25(33)40)16-7-5-6-8-20(16)35-28/h5-8,14-15,18-19,21-22,24,35,38H,4,9-13,31-32H2,1-3H3,(H2,33,40)(H,34,41)(H,36,42)(H,44,45)/t14-,15+,18-,19-,21-,22-,24-/m0/s1. The number of aliphatic hydroxyl groups is 1. The first kappa shape index (κ1) is 37.3. The fourth-order valence-electron chi connectivity index (χ4n) is 5.24. The van der Waals surface area contributed by atoms with Gasteiger partial charge in [0.15, 0.2) is 0 Å². The van der Waals surface area contributed by atoms with Gasteiger partial charge in [0.25, 0.3) is 0 Å². The number of aliphatic carboxylic acids is 1. The number of carboxylic acid groups (broad SMARTS) is 1. The maximum absolute atomic E-state index is 13.7. The quantitative estimate of drug-likeness (QED) is 0.0750. The molecule has 0 aliphatic carbocycles. The number of thioether (sulfide) groups is 1. The van der Waals surface area contributed by atoms with Crippen molar-refractivity contribution in [3.63, 3.8) is 0 Å². The molecule has 0 saturated carbocycles.